The molecule has 3 unspecified atom stereocenters. The highest BCUT2D eigenvalue weighted by molar-refractivity contribution is 5.80. The molecule has 0 aliphatic heterocycles. The molecule has 0 aromatic heterocycles. The summed E-state index contributed by atoms with van der Waals surface area (Å²) in [5, 5.41) is 9.13. The van der Waals surface area contributed by atoms with E-state index >= 15 is 0 Å². The molecule has 1 saturated carbocycles. The first-order valence-corrected chi connectivity index (χ1v) is 5.35. The molecule has 0 bridgehead atoms. The zero-order valence-electron chi connectivity index (χ0n) is 9.72. The van der Waals surface area contributed by atoms with Crippen LogP contribution in [-0.2, 0) is 19.1 Å². The molecule has 1 rings (SSSR count). The van der Waals surface area contributed by atoms with Crippen molar-refractivity contribution in [3.05, 3.63) is 12.3 Å². The second kappa shape index (κ2) is 5.12. The third kappa shape index (κ3) is 2.54. The minimum atomic E-state index is -1.06. The second-order valence-corrected chi connectivity index (χ2v) is 4.50. The summed E-state index contributed by atoms with van der Waals surface area (Å²) in [7, 11) is 1.42. The van der Waals surface area contributed by atoms with E-state index < -0.39 is 17.3 Å². The molecule has 0 radical (unpaired) electrons. The van der Waals surface area contributed by atoms with E-state index in [1.807, 2.05) is 0 Å². The van der Waals surface area contributed by atoms with Crippen LogP contribution < -0.4 is 0 Å². The molecule has 1 fully saturated rings. The van der Waals surface area contributed by atoms with Gasteiger partial charge in [0.2, 0.25) is 0 Å². The average Bonchev–Trinajstić information content (AvgIpc) is 2.68. The maximum Gasteiger partial charge on any atom is 0.307 e. The van der Waals surface area contributed by atoms with Gasteiger partial charge in [-0.2, -0.15) is 0 Å². The summed E-state index contributed by atoms with van der Waals surface area (Å²) >= 11 is 0. The molecular formula is C12H16O5. The molecule has 0 heterocycles. The van der Waals surface area contributed by atoms with Crippen LogP contribution in [0.1, 0.15) is 19.3 Å². The molecule has 0 spiro atoms. The fourth-order valence-corrected chi connectivity index (χ4v) is 2.51. The van der Waals surface area contributed by atoms with E-state index in [0.29, 0.717) is 12.0 Å². The quantitative estimate of drug-likeness (QED) is 0.554. The number of rotatable bonds is 6. The van der Waals surface area contributed by atoms with Gasteiger partial charge in [0.05, 0.1) is 18.8 Å². The summed E-state index contributed by atoms with van der Waals surface area (Å²) in [6.07, 6.45) is 1.96. The van der Waals surface area contributed by atoms with Gasteiger partial charge in [0.1, 0.15) is 12.6 Å². The van der Waals surface area contributed by atoms with Crippen LogP contribution in [0, 0.1) is 17.3 Å². The minimum Gasteiger partial charge on any atom is -0.502 e. The zero-order valence-corrected chi connectivity index (χ0v) is 9.72. The Kier molecular flexibility index (Phi) is 4.04. The number of aldehydes is 2. The Bertz CT molecular complexity index is 349. The van der Waals surface area contributed by atoms with E-state index in [9.17, 15) is 14.4 Å². The van der Waals surface area contributed by atoms with Crippen LogP contribution in [0.25, 0.3) is 0 Å². The Morgan fingerprint density at radius 2 is 2.24 bits per heavy atom. The lowest BCUT2D eigenvalue weighted by Crippen LogP contribution is -2.33. The summed E-state index contributed by atoms with van der Waals surface area (Å²) in [5.74, 6) is -1.92. The fourth-order valence-electron chi connectivity index (χ4n) is 2.51. The predicted molar refractivity (Wildman–Crippen MR) is 59.2 cm³/mol. The minimum absolute atomic E-state index is 0.147. The van der Waals surface area contributed by atoms with Gasteiger partial charge in [-0.25, -0.2) is 0 Å². The van der Waals surface area contributed by atoms with Crippen molar-refractivity contribution < 1.29 is 24.2 Å². The van der Waals surface area contributed by atoms with Crippen molar-refractivity contribution in [3.63, 3.8) is 0 Å². The molecule has 1 N–H and O–H groups in total. The Morgan fingerprint density at radius 1 is 1.59 bits per heavy atom. The van der Waals surface area contributed by atoms with E-state index in [1.165, 1.54) is 7.11 Å². The van der Waals surface area contributed by atoms with Crippen molar-refractivity contribution in [2.75, 3.05) is 7.11 Å². The van der Waals surface area contributed by atoms with Crippen LogP contribution in [0.3, 0.4) is 0 Å². The molecule has 94 valence electrons. The Hall–Kier alpha value is -1.65. The molecule has 5 heteroatoms. The maximum atomic E-state index is 11.3. The van der Waals surface area contributed by atoms with Crippen LogP contribution in [0.4, 0.5) is 0 Å². The predicted octanol–water partition coefficient (Wildman–Crippen LogP) is 1.03. The summed E-state index contributed by atoms with van der Waals surface area (Å²) in [4.78, 5) is 33.2. The van der Waals surface area contributed by atoms with Crippen LogP contribution in [-0.4, -0.2) is 30.8 Å². The first-order chi connectivity index (χ1) is 7.99. The number of methoxy groups -OCH3 is 1. The molecule has 17 heavy (non-hydrogen) atoms. The SMILES string of the molecule is C=C(CC1(C=O)CC(C=O)CC1C(=O)O)OC. The number of aliphatic carboxylic acids is 1. The highest BCUT2D eigenvalue weighted by Crippen LogP contribution is 2.48. The van der Waals surface area contributed by atoms with E-state index in [-0.39, 0.29) is 25.2 Å². The van der Waals surface area contributed by atoms with E-state index in [4.69, 9.17) is 9.84 Å². The lowest BCUT2D eigenvalue weighted by Gasteiger charge is -2.27. The third-order valence-corrected chi connectivity index (χ3v) is 3.41. The second-order valence-electron chi connectivity index (χ2n) is 4.50. The number of hydrogen-bond donors (Lipinski definition) is 1. The third-order valence-electron chi connectivity index (χ3n) is 3.41. The van der Waals surface area contributed by atoms with Crippen molar-refractivity contribution in [2.45, 2.75) is 19.3 Å². The molecule has 0 aromatic carbocycles. The maximum absolute atomic E-state index is 11.3. The molecular weight excluding hydrogens is 224 g/mol. The summed E-state index contributed by atoms with van der Waals surface area (Å²) in [6, 6.07) is 0. The zero-order chi connectivity index (χ0) is 13.1. The van der Waals surface area contributed by atoms with Gasteiger partial charge in [0.15, 0.2) is 0 Å². The topological polar surface area (TPSA) is 80.7 Å². The molecule has 1 aliphatic rings. The van der Waals surface area contributed by atoms with Crippen LogP contribution in [0.2, 0.25) is 0 Å². The van der Waals surface area contributed by atoms with E-state index in [1.54, 1.807) is 0 Å². The Morgan fingerprint density at radius 3 is 2.65 bits per heavy atom. The summed E-state index contributed by atoms with van der Waals surface area (Å²) in [5.41, 5.74) is -1.06. The number of hydrogen-bond acceptors (Lipinski definition) is 4. The summed E-state index contributed by atoms with van der Waals surface area (Å²) in [6.45, 7) is 3.61. The number of ether oxygens (including phenoxy) is 1. The van der Waals surface area contributed by atoms with Gasteiger partial charge in [-0.1, -0.05) is 6.58 Å². The van der Waals surface area contributed by atoms with Crippen LogP contribution >= 0.6 is 0 Å². The normalized spacial score (nSPS) is 31.8. The van der Waals surface area contributed by atoms with Gasteiger partial charge >= 0.3 is 5.97 Å². The molecule has 5 nitrogen and oxygen atoms in total. The van der Waals surface area contributed by atoms with E-state index in [0.717, 1.165) is 6.29 Å². The highest BCUT2D eigenvalue weighted by Gasteiger charge is 2.51. The lowest BCUT2D eigenvalue weighted by atomic mass is 9.76. The average molecular weight is 240 g/mol. The number of carboxylic acid groups (broad SMARTS) is 1. The standard InChI is InChI=1S/C12H16O5/c1-8(17-2)4-12(7-14)5-9(6-13)3-10(12)11(15)16/h6-7,9-10H,1,3-5H2,2H3,(H,15,16). The fraction of sp³-hybridized carbons (Fsp3) is 0.583. The van der Waals surface area contributed by atoms with Crippen molar-refractivity contribution >= 4 is 18.5 Å². The number of carboxylic acids is 1. The highest BCUT2D eigenvalue weighted by atomic mass is 16.5. The van der Waals surface area contributed by atoms with Crippen molar-refractivity contribution in [1.29, 1.82) is 0 Å². The Balaban J connectivity index is 3.00. The largest absolute Gasteiger partial charge is 0.502 e. The van der Waals surface area contributed by atoms with Crippen molar-refractivity contribution in [1.82, 2.24) is 0 Å². The van der Waals surface area contributed by atoms with Gasteiger partial charge in [-0.15, -0.1) is 0 Å². The number of carbonyl (C=O) groups excluding carboxylic acids is 2. The van der Waals surface area contributed by atoms with Gasteiger partial charge in [-0.3, -0.25) is 4.79 Å². The molecule has 0 saturated heterocycles. The molecule has 0 aromatic rings. The lowest BCUT2D eigenvalue weighted by molar-refractivity contribution is -0.147. The van der Waals surface area contributed by atoms with Gasteiger partial charge < -0.3 is 19.4 Å². The molecule has 0 amide bonds. The first kappa shape index (κ1) is 13.4. The molecule has 3 atom stereocenters. The summed E-state index contributed by atoms with van der Waals surface area (Å²) < 4.78 is 4.90. The van der Waals surface area contributed by atoms with Crippen LogP contribution in [0.5, 0.6) is 0 Å². The van der Waals surface area contributed by atoms with Crippen molar-refractivity contribution in [2.24, 2.45) is 17.3 Å². The molecule has 1 aliphatic carbocycles. The number of allylic oxidation sites excluding steroid dienone is 1. The monoisotopic (exact) mass is 240 g/mol. The van der Waals surface area contributed by atoms with Crippen molar-refractivity contribution in [3.8, 4) is 0 Å². The van der Waals surface area contributed by atoms with Gasteiger partial charge in [0.25, 0.3) is 0 Å². The Labute approximate surface area is 99.5 Å². The first-order valence-electron chi connectivity index (χ1n) is 5.35. The van der Waals surface area contributed by atoms with E-state index in [2.05, 4.69) is 6.58 Å². The number of carbonyl (C=O) groups is 3. The smallest absolute Gasteiger partial charge is 0.307 e. The van der Waals surface area contributed by atoms with Crippen LogP contribution in [0.15, 0.2) is 12.3 Å². The van der Waals surface area contributed by atoms with Gasteiger partial charge in [-0.05, 0) is 12.8 Å². The van der Waals surface area contributed by atoms with Gasteiger partial charge in [0, 0.05) is 17.8 Å².